The van der Waals surface area contributed by atoms with Crippen molar-refractivity contribution < 1.29 is 4.92 Å². The Morgan fingerprint density at radius 2 is 2.11 bits per heavy atom. The van der Waals surface area contributed by atoms with Gasteiger partial charge in [0.25, 0.3) is 0 Å². The van der Waals surface area contributed by atoms with E-state index in [4.69, 9.17) is 11.6 Å². The molecule has 0 aliphatic rings. The maximum absolute atomic E-state index is 10.9. The highest BCUT2D eigenvalue weighted by Crippen LogP contribution is 2.22. The maximum Gasteiger partial charge on any atom is 0.312 e. The first-order chi connectivity index (χ1) is 8.49. The van der Waals surface area contributed by atoms with Crippen molar-refractivity contribution in [2.24, 2.45) is 0 Å². The summed E-state index contributed by atoms with van der Waals surface area (Å²) in [6.07, 6.45) is 0. The van der Waals surface area contributed by atoms with Gasteiger partial charge in [0.2, 0.25) is 0 Å². The predicted molar refractivity (Wildman–Crippen MR) is 64.5 cm³/mol. The molecule has 2 heterocycles. The van der Waals surface area contributed by atoms with E-state index >= 15 is 0 Å². The number of rotatable bonds is 3. The second-order valence-corrected chi connectivity index (χ2v) is 4.17. The van der Waals surface area contributed by atoms with Crippen LogP contribution in [0, 0.1) is 24.0 Å². The van der Waals surface area contributed by atoms with E-state index in [1.54, 1.807) is 26.0 Å². The fourth-order valence-electron chi connectivity index (χ4n) is 1.69. The smallest absolute Gasteiger partial charge is 0.258 e. The molecule has 0 bridgehead atoms. The van der Waals surface area contributed by atoms with Gasteiger partial charge in [0.05, 0.1) is 17.2 Å². The van der Waals surface area contributed by atoms with Crippen LogP contribution in [0.4, 0.5) is 5.69 Å². The minimum absolute atomic E-state index is 0.0388. The lowest BCUT2D eigenvalue weighted by Crippen LogP contribution is -2.06. The quantitative estimate of drug-likeness (QED) is 0.626. The number of nitrogens with zero attached hydrogens (tertiary/aromatic N) is 5. The lowest BCUT2D eigenvalue weighted by atomic mass is 10.3. The van der Waals surface area contributed by atoms with Gasteiger partial charge in [0, 0.05) is 0 Å². The molecule has 2 rings (SSSR count). The summed E-state index contributed by atoms with van der Waals surface area (Å²) in [6.45, 7) is 3.58. The first kappa shape index (κ1) is 12.4. The van der Waals surface area contributed by atoms with Gasteiger partial charge in [-0.15, -0.1) is 5.10 Å². The topological polar surface area (TPSA) is 86.7 Å². The van der Waals surface area contributed by atoms with Crippen molar-refractivity contribution in [3.05, 3.63) is 44.5 Å². The molecular weight excluding hydrogens is 258 g/mol. The minimum atomic E-state index is -0.429. The summed E-state index contributed by atoms with van der Waals surface area (Å²) in [5, 5.41) is 22.9. The molecule has 2 aromatic rings. The van der Waals surface area contributed by atoms with E-state index in [0.29, 0.717) is 28.8 Å². The van der Waals surface area contributed by atoms with Crippen LogP contribution in [-0.2, 0) is 6.54 Å². The average molecular weight is 268 g/mol. The Kier molecular flexibility index (Phi) is 3.24. The molecule has 94 valence electrons. The van der Waals surface area contributed by atoms with Crippen molar-refractivity contribution in [3.63, 3.8) is 0 Å². The zero-order valence-electron chi connectivity index (χ0n) is 9.79. The summed E-state index contributed by atoms with van der Waals surface area (Å²) >= 11 is 5.63. The summed E-state index contributed by atoms with van der Waals surface area (Å²) in [7, 11) is 0. The standard InChI is InChI=1S/C10H10ClN5O2/c1-6-10(16(17)18)7(2)15(14-6)5-8-3-4-9(11)13-12-8/h3-4H,5H2,1-2H3. The zero-order valence-corrected chi connectivity index (χ0v) is 10.5. The Balaban J connectivity index is 2.33. The fraction of sp³-hybridized carbons (Fsp3) is 0.300. The van der Waals surface area contributed by atoms with Gasteiger partial charge < -0.3 is 0 Å². The van der Waals surface area contributed by atoms with Crippen molar-refractivity contribution in [1.82, 2.24) is 20.0 Å². The van der Waals surface area contributed by atoms with E-state index < -0.39 is 4.92 Å². The first-order valence-corrected chi connectivity index (χ1v) is 5.53. The van der Waals surface area contributed by atoms with E-state index in [-0.39, 0.29) is 5.69 Å². The molecule has 0 N–H and O–H groups in total. The van der Waals surface area contributed by atoms with Crippen LogP contribution in [0.1, 0.15) is 17.1 Å². The number of aryl methyl sites for hydroxylation is 1. The fourth-order valence-corrected chi connectivity index (χ4v) is 1.79. The molecule has 0 saturated carbocycles. The monoisotopic (exact) mass is 267 g/mol. The van der Waals surface area contributed by atoms with Gasteiger partial charge in [-0.3, -0.25) is 14.8 Å². The predicted octanol–water partition coefficient (Wildman–Crippen LogP) is 1.90. The molecule has 0 unspecified atom stereocenters. The minimum Gasteiger partial charge on any atom is -0.258 e. The summed E-state index contributed by atoms with van der Waals surface area (Å²) < 4.78 is 1.53. The van der Waals surface area contributed by atoms with E-state index in [1.807, 2.05) is 0 Å². The largest absolute Gasteiger partial charge is 0.312 e. The van der Waals surface area contributed by atoms with Gasteiger partial charge >= 0.3 is 5.69 Å². The number of hydrogen-bond donors (Lipinski definition) is 0. The average Bonchev–Trinajstić information content (AvgIpc) is 2.57. The Morgan fingerprint density at radius 1 is 1.39 bits per heavy atom. The molecule has 0 aliphatic carbocycles. The van der Waals surface area contributed by atoms with E-state index in [0.717, 1.165) is 0 Å². The van der Waals surface area contributed by atoms with Gasteiger partial charge in [-0.25, -0.2) is 0 Å². The SMILES string of the molecule is Cc1nn(Cc2ccc(Cl)nn2)c(C)c1[N+](=O)[O-]. The van der Waals surface area contributed by atoms with Gasteiger partial charge in [-0.05, 0) is 26.0 Å². The molecule has 0 aromatic carbocycles. The van der Waals surface area contributed by atoms with Crippen molar-refractivity contribution in [1.29, 1.82) is 0 Å². The molecule has 0 saturated heterocycles. The molecular formula is C10H10ClN5O2. The third kappa shape index (κ3) is 2.30. The number of aromatic nitrogens is 4. The van der Waals surface area contributed by atoms with Crippen molar-refractivity contribution in [2.45, 2.75) is 20.4 Å². The second kappa shape index (κ2) is 4.69. The summed E-state index contributed by atoms with van der Waals surface area (Å²) in [4.78, 5) is 10.4. The second-order valence-electron chi connectivity index (χ2n) is 3.78. The molecule has 2 aromatic heterocycles. The number of hydrogen-bond acceptors (Lipinski definition) is 5. The van der Waals surface area contributed by atoms with Crippen LogP contribution < -0.4 is 0 Å². The lowest BCUT2D eigenvalue weighted by molar-refractivity contribution is -0.386. The number of nitro groups is 1. The number of halogens is 1. The zero-order chi connectivity index (χ0) is 13.3. The molecule has 0 amide bonds. The molecule has 0 aliphatic heterocycles. The van der Waals surface area contributed by atoms with Crippen LogP contribution in [0.5, 0.6) is 0 Å². The van der Waals surface area contributed by atoms with Crippen LogP contribution in [0.3, 0.4) is 0 Å². The highest BCUT2D eigenvalue weighted by atomic mass is 35.5. The van der Waals surface area contributed by atoms with E-state index in [9.17, 15) is 10.1 Å². The van der Waals surface area contributed by atoms with Crippen LogP contribution in [-0.4, -0.2) is 24.9 Å². The summed E-state index contributed by atoms with van der Waals surface area (Å²) in [5.41, 5.74) is 1.56. The van der Waals surface area contributed by atoms with E-state index in [2.05, 4.69) is 15.3 Å². The lowest BCUT2D eigenvalue weighted by Gasteiger charge is -2.02. The van der Waals surface area contributed by atoms with Crippen LogP contribution in [0.15, 0.2) is 12.1 Å². The maximum atomic E-state index is 10.9. The normalized spacial score (nSPS) is 10.6. The molecule has 8 heteroatoms. The Morgan fingerprint density at radius 3 is 2.61 bits per heavy atom. The Labute approximate surface area is 108 Å². The third-order valence-corrected chi connectivity index (χ3v) is 2.73. The third-order valence-electron chi connectivity index (χ3n) is 2.52. The van der Waals surface area contributed by atoms with Crippen LogP contribution in [0.25, 0.3) is 0 Å². The van der Waals surface area contributed by atoms with Crippen molar-refractivity contribution >= 4 is 17.3 Å². The molecule has 0 radical (unpaired) electrons. The Bertz CT molecular complexity index is 593. The molecule has 0 fully saturated rings. The Hall–Kier alpha value is -2.02. The highest BCUT2D eigenvalue weighted by Gasteiger charge is 2.21. The molecule has 7 nitrogen and oxygen atoms in total. The molecule has 0 spiro atoms. The van der Waals surface area contributed by atoms with Gasteiger partial charge in [0.15, 0.2) is 5.15 Å². The van der Waals surface area contributed by atoms with Gasteiger partial charge in [-0.2, -0.15) is 10.2 Å². The highest BCUT2D eigenvalue weighted by molar-refractivity contribution is 6.29. The summed E-state index contributed by atoms with van der Waals surface area (Å²) in [5.74, 6) is 0. The first-order valence-electron chi connectivity index (χ1n) is 5.15. The van der Waals surface area contributed by atoms with Crippen molar-refractivity contribution in [2.75, 3.05) is 0 Å². The van der Waals surface area contributed by atoms with Crippen LogP contribution in [0.2, 0.25) is 5.15 Å². The van der Waals surface area contributed by atoms with Crippen LogP contribution >= 0.6 is 11.6 Å². The molecule has 18 heavy (non-hydrogen) atoms. The molecule has 0 atom stereocenters. The summed E-state index contributed by atoms with van der Waals surface area (Å²) in [6, 6.07) is 3.32. The van der Waals surface area contributed by atoms with Gasteiger partial charge in [-0.1, -0.05) is 11.6 Å². The van der Waals surface area contributed by atoms with Gasteiger partial charge in [0.1, 0.15) is 11.4 Å². The van der Waals surface area contributed by atoms with E-state index in [1.165, 1.54) is 4.68 Å². The van der Waals surface area contributed by atoms with Crippen molar-refractivity contribution in [3.8, 4) is 0 Å².